The molecule has 2 bridgehead atoms. The van der Waals surface area contributed by atoms with Gasteiger partial charge in [-0.05, 0) is 32.3 Å². The average Bonchev–Trinajstić information content (AvgIpc) is 3.41. The van der Waals surface area contributed by atoms with Crippen LogP contribution in [0, 0.1) is 17.1 Å². The molecule has 0 saturated carbocycles. The maximum atomic E-state index is 14.2. The van der Waals surface area contributed by atoms with E-state index in [9.17, 15) is 19.2 Å². The van der Waals surface area contributed by atoms with Crippen LogP contribution in [0.3, 0.4) is 0 Å². The molecular weight excluding hydrogens is 373 g/mol. The van der Waals surface area contributed by atoms with Crippen LogP contribution in [0.4, 0.5) is 4.39 Å². The third-order valence-corrected chi connectivity index (χ3v) is 6.52. The Morgan fingerprint density at radius 3 is 2.86 bits per heavy atom. The van der Waals surface area contributed by atoms with E-state index in [-0.39, 0.29) is 35.8 Å². The molecule has 5 atom stereocenters. The molecule has 0 radical (unpaired) electrons. The number of nitriles is 1. The van der Waals surface area contributed by atoms with Crippen molar-refractivity contribution >= 4 is 11.8 Å². The first-order valence-electron chi connectivity index (χ1n) is 10.2. The molecule has 0 aromatic heterocycles. The lowest BCUT2D eigenvalue weighted by Crippen LogP contribution is -2.56. The Hall–Kier alpha value is -2.50. The third kappa shape index (κ3) is 3.38. The summed E-state index contributed by atoms with van der Waals surface area (Å²) in [5.74, 6) is -0.564. The highest BCUT2D eigenvalue weighted by Crippen LogP contribution is 2.38. The number of likely N-dealkylation sites (tertiary alicyclic amines) is 3. The topological polar surface area (TPSA) is 93.7 Å². The zero-order valence-corrected chi connectivity index (χ0v) is 16.5. The lowest BCUT2D eigenvalue weighted by atomic mass is 10.0. The Morgan fingerprint density at radius 2 is 2.17 bits per heavy atom. The van der Waals surface area contributed by atoms with E-state index >= 15 is 0 Å². The van der Waals surface area contributed by atoms with Crippen LogP contribution < -0.4 is 5.73 Å². The number of carbonyl (C=O) groups is 2. The number of hydrogen-bond donors (Lipinski definition) is 1. The minimum Gasteiger partial charge on any atom is -0.330 e. The average molecular weight is 399 g/mol. The number of hydrogen-bond acceptors (Lipinski definition) is 5. The molecule has 3 aliphatic rings. The van der Waals surface area contributed by atoms with E-state index in [2.05, 4.69) is 6.07 Å². The smallest absolute Gasteiger partial charge is 0.241 e. The molecule has 8 heteroatoms. The molecule has 4 rings (SSSR count). The first-order valence-corrected chi connectivity index (χ1v) is 10.2. The van der Waals surface area contributed by atoms with Crippen molar-refractivity contribution in [1.29, 1.82) is 5.26 Å². The second-order valence-electron chi connectivity index (χ2n) is 8.23. The zero-order valence-electron chi connectivity index (χ0n) is 16.5. The summed E-state index contributed by atoms with van der Waals surface area (Å²) in [4.78, 5) is 31.0. The number of halogens is 1. The van der Waals surface area contributed by atoms with Gasteiger partial charge in [-0.2, -0.15) is 5.26 Å². The van der Waals surface area contributed by atoms with E-state index in [1.54, 1.807) is 28.0 Å². The van der Waals surface area contributed by atoms with Crippen molar-refractivity contribution < 1.29 is 14.0 Å². The highest BCUT2D eigenvalue weighted by molar-refractivity contribution is 5.87. The molecule has 1 unspecified atom stereocenters. The Bertz CT molecular complexity index is 856. The molecule has 154 valence electrons. The van der Waals surface area contributed by atoms with Gasteiger partial charge in [-0.3, -0.25) is 14.5 Å². The molecule has 0 spiro atoms. The Kier molecular flexibility index (Phi) is 5.28. The van der Waals surface area contributed by atoms with E-state index in [4.69, 9.17) is 5.73 Å². The molecular formula is C21H26FN5O2. The van der Waals surface area contributed by atoms with Crippen LogP contribution in [-0.2, 0) is 9.59 Å². The van der Waals surface area contributed by atoms with Gasteiger partial charge < -0.3 is 15.5 Å². The fourth-order valence-corrected chi connectivity index (χ4v) is 5.07. The predicted molar refractivity (Wildman–Crippen MR) is 104 cm³/mol. The van der Waals surface area contributed by atoms with E-state index in [0.717, 1.165) is 6.42 Å². The van der Waals surface area contributed by atoms with Crippen LogP contribution in [-0.4, -0.2) is 70.3 Å². The molecule has 3 heterocycles. The molecule has 3 fully saturated rings. The normalized spacial score (nSPS) is 28.6. The van der Waals surface area contributed by atoms with E-state index < -0.39 is 12.1 Å². The van der Waals surface area contributed by atoms with Gasteiger partial charge in [0.25, 0.3) is 0 Å². The number of fused-ring (bicyclic) bond motifs is 2. The second-order valence-corrected chi connectivity index (χ2v) is 8.23. The van der Waals surface area contributed by atoms with Gasteiger partial charge in [-0.1, -0.05) is 18.2 Å². The van der Waals surface area contributed by atoms with Gasteiger partial charge in [0.2, 0.25) is 11.8 Å². The van der Waals surface area contributed by atoms with Crippen molar-refractivity contribution in [3.63, 3.8) is 0 Å². The first kappa shape index (κ1) is 19.8. The van der Waals surface area contributed by atoms with E-state index in [0.29, 0.717) is 38.0 Å². The molecule has 7 nitrogen and oxygen atoms in total. The number of amides is 2. The maximum Gasteiger partial charge on any atom is 0.241 e. The third-order valence-electron chi connectivity index (χ3n) is 6.52. The Labute approximate surface area is 169 Å². The van der Waals surface area contributed by atoms with E-state index in [1.807, 2.05) is 11.8 Å². The monoisotopic (exact) mass is 399 g/mol. The van der Waals surface area contributed by atoms with Gasteiger partial charge >= 0.3 is 0 Å². The summed E-state index contributed by atoms with van der Waals surface area (Å²) in [6.07, 6.45) is 2.17. The van der Waals surface area contributed by atoms with Crippen LogP contribution in [0.15, 0.2) is 24.3 Å². The highest BCUT2D eigenvalue weighted by Gasteiger charge is 2.51. The zero-order chi connectivity index (χ0) is 20.7. The Morgan fingerprint density at radius 1 is 1.41 bits per heavy atom. The second kappa shape index (κ2) is 7.73. The van der Waals surface area contributed by atoms with Gasteiger partial charge in [0.15, 0.2) is 0 Å². The number of nitrogens with zero attached hydrogens (tertiary/aromatic N) is 4. The van der Waals surface area contributed by atoms with Crippen LogP contribution in [0.1, 0.15) is 37.8 Å². The van der Waals surface area contributed by atoms with Gasteiger partial charge in [0.05, 0.1) is 24.2 Å². The SMILES string of the molecule is C[C@@H](c1ccccc1F)N1C(=O)[C@H]2CC1CN2C[C@H](N)C(=O)N1CCC[C@H]1C#N. The molecule has 1 aromatic carbocycles. The maximum absolute atomic E-state index is 14.2. The van der Waals surface area contributed by atoms with Crippen LogP contribution in [0.5, 0.6) is 0 Å². The minimum atomic E-state index is -0.756. The molecule has 3 saturated heterocycles. The lowest BCUT2D eigenvalue weighted by molar-refractivity contribution is -0.141. The van der Waals surface area contributed by atoms with Gasteiger partial charge in [0, 0.05) is 31.2 Å². The van der Waals surface area contributed by atoms with Crippen molar-refractivity contribution in [2.45, 2.75) is 56.4 Å². The van der Waals surface area contributed by atoms with Crippen molar-refractivity contribution in [2.24, 2.45) is 5.73 Å². The fraction of sp³-hybridized carbons (Fsp3) is 0.571. The fourth-order valence-electron chi connectivity index (χ4n) is 5.07. The number of nitrogens with two attached hydrogens (primary N) is 1. The van der Waals surface area contributed by atoms with Crippen LogP contribution in [0.2, 0.25) is 0 Å². The number of benzene rings is 1. The highest BCUT2D eigenvalue weighted by atomic mass is 19.1. The molecule has 29 heavy (non-hydrogen) atoms. The summed E-state index contributed by atoms with van der Waals surface area (Å²) in [5.41, 5.74) is 6.68. The van der Waals surface area contributed by atoms with Crippen LogP contribution in [0.25, 0.3) is 0 Å². The summed E-state index contributed by atoms with van der Waals surface area (Å²) >= 11 is 0. The minimum absolute atomic E-state index is 0.0111. The Balaban J connectivity index is 1.40. The van der Waals surface area contributed by atoms with Crippen molar-refractivity contribution in [3.05, 3.63) is 35.6 Å². The molecule has 0 aliphatic carbocycles. The van der Waals surface area contributed by atoms with Crippen molar-refractivity contribution in [1.82, 2.24) is 14.7 Å². The summed E-state index contributed by atoms with van der Waals surface area (Å²) in [5, 5.41) is 9.19. The standard InChI is InChI=1S/C21H26FN5O2/c1-13(16-6-2-3-7-17(16)22)27-15-9-19(21(27)29)25(11-15)12-18(24)20(28)26-8-4-5-14(26)10-23/h2-3,6-7,13-15,18-19H,4-5,8-9,11-12,24H2,1H3/t13-,14-,15?,18-,19+/m0/s1. The van der Waals surface area contributed by atoms with Gasteiger partial charge in [0.1, 0.15) is 11.9 Å². The number of piperazine rings is 1. The molecule has 1 aromatic rings. The molecule has 2 amide bonds. The number of carbonyl (C=O) groups excluding carboxylic acids is 2. The number of rotatable bonds is 5. The molecule has 2 N–H and O–H groups in total. The molecule has 3 aliphatic heterocycles. The predicted octanol–water partition coefficient (Wildman–Crippen LogP) is 1.01. The van der Waals surface area contributed by atoms with Crippen molar-refractivity contribution in [3.8, 4) is 6.07 Å². The van der Waals surface area contributed by atoms with Crippen LogP contribution >= 0.6 is 0 Å². The summed E-state index contributed by atoms with van der Waals surface area (Å²) in [6, 6.07) is 6.88. The van der Waals surface area contributed by atoms with Gasteiger partial charge in [-0.15, -0.1) is 0 Å². The van der Waals surface area contributed by atoms with E-state index in [1.165, 1.54) is 6.07 Å². The quantitative estimate of drug-likeness (QED) is 0.798. The first-order chi connectivity index (χ1) is 13.9. The largest absolute Gasteiger partial charge is 0.330 e. The summed E-state index contributed by atoms with van der Waals surface area (Å²) in [6.45, 7) is 3.33. The van der Waals surface area contributed by atoms with Crippen molar-refractivity contribution in [2.75, 3.05) is 19.6 Å². The lowest BCUT2D eigenvalue weighted by Gasteiger charge is -2.38. The summed E-state index contributed by atoms with van der Waals surface area (Å²) in [7, 11) is 0. The van der Waals surface area contributed by atoms with Gasteiger partial charge in [-0.25, -0.2) is 4.39 Å². The summed E-state index contributed by atoms with van der Waals surface area (Å²) < 4.78 is 14.2.